The summed E-state index contributed by atoms with van der Waals surface area (Å²) in [5, 5.41) is 5.59. The van der Waals surface area contributed by atoms with Crippen molar-refractivity contribution in [3.05, 3.63) is 96.1 Å². The number of carbonyl (C=O) groups is 3. The maximum Gasteiger partial charge on any atom is 0.325 e. The van der Waals surface area contributed by atoms with E-state index in [9.17, 15) is 14.4 Å². The smallest absolute Gasteiger partial charge is 0.325 e. The van der Waals surface area contributed by atoms with Crippen LogP contribution in [0.2, 0.25) is 0 Å². The molecule has 0 radical (unpaired) electrons. The molecule has 0 unspecified atom stereocenters. The number of urea groups is 1. The first-order valence-electron chi connectivity index (χ1n) is 10.5. The van der Waals surface area contributed by atoms with Crippen molar-refractivity contribution in [2.75, 3.05) is 6.54 Å². The van der Waals surface area contributed by atoms with Crippen molar-refractivity contribution in [3.8, 4) is 11.1 Å². The molecule has 0 spiro atoms. The summed E-state index contributed by atoms with van der Waals surface area (Å²) in [4.78, 5) is 39.0. The van der Waals surface area contributed by atoms with Crippen LogP contribution in [0.4, 0.5) is 4.79 Å². The fraction of sp³-hybridized carbons (Fsp3) is 0.192. The third kappa shape index (κ3) is 4.12. The molecule has 3 aromatic carbocycles. The summed E-state index contributed by atoms with van der Waals surface area (Å²) in [7, 11) is 0. The fourth-order valence-electron chi connectivity index (χ4n) is 3.92. The molecule has 32 heavy (non-hydrogen) atoms. The highest BCUT2D eigenvalue weighted by Gasteiger charge is 2.49. The van der Waals surface area contributed by atoms with Gasteiger partial charge >= 0.3 is 6.03 Å². The molecule has 0 saturated carbocycles. The normalized spacial score (nSPS) is 18.9. The summed E-state index contributed by atoms with van der Waals surface area (Å²) in [5.41, 5.74) is 2.64. The van der Waals surface area contributed by atoms with E-state index in [0.717, 1.165) is 21.6 Å². The molecule has 2 N–H and O–H groups in total. The number of nitrogens with zero attached hydrogens (tertiary/aromatic N) is 1. The molecular formula is C26H25N3O3. The van der Waals surface area contributed by atoms with Crippen molar-refractivity contribution in [1.29, 1.82) is 0 Å². The highest BCUT2D eigenvalue weighted by atomic mass is 16.2. The Hall–Kier alpha value is -3.93. The minimum Gasteiger partial charge on any atom is -0.348 e. The first-order valence-corrected chi connectivity index (χ1v) is 10.5. The number of nitrogens with one attached hydrogen (secondary N) is 2. The molecule has 0 aliphatic carbocycles. The summed E-state index contributed by atoms with van der Waals surface area (Å²) in [5.74, 6) is -0.839. The third-order valence-electron chi connectivity index (χ3n) is 5.82. The Morgan fingerprint density at radius 1 is 0.906 bits per heavy atom. The molecule has 6 heteroatoms. The molecule has 3 aromatic rings. The van der Waals surface area contributed by atoms with Gasteiger partial charge in [-0.15, -0.1) is 0 Å². The molecule has 1 saturated heterocycles. The largest absolute Gasteiger partial charge is 0.348 e. The zero-order chi connectivity index (χ0) is 22.7. The average Bonchev–Trinajstić information content (AvgIpc) is 3.04. The maximum atomic E-state index is 13.0. The molecule has 4 rings (SSSR count). The summed E-state index contributed by atoms with van der Waals surface area (Å²) >= 11 is 0. The topological polar surface area (TPSA) is 78.5 Å². The van der Waals surface area contributed by atoms with Gasteiger partial charge in [-0.3, -0.25) is 14.5 Å². The van der Waals surface area contributed by atoms with E-state index < -0.39 is 23.4 Å². The predicted molar refractivity (Wildman–Crippen MR) is 122 cm³/mol. The standard InChI is InChI=1S/C26H25N3O3/c1-18(19-13-15-21(16-14-19)20-9-5-3-6-10-20)27-23(30)17-29-24(31)26(2,28-25(29)32)22-11-7-4-8-12-22/h3-16,18H,17H2,1-2H3,(H,27,30)(H,28,32)/t18-,26-/m1/s1. The lowest BCUT2D eigenvalue weighted by atomic mass is 9.92. The first-order chi connectivity index (χ1) is 15.4. The minimum atomic E-state index is -1.18. The van der Waals surface area contributed by atoms with Crippen LogP contribution in [0.3, 0.4) is 0 Å². The van der Waals surface area contributed by atoms with E-state index in [1.165, 1.54) is 0 Å². The van der Waals surface area contributed by atoms with Gasteiger partial charge in [0, 0.05) is 0 Å². The van der Waals surface area contributed by atoms with Crippen LogP contribution in [-0.2, 0) is 15.1 Å². The Labute approximate surface area is 187 Å². The van der Waals surface area contributed by atoms with E-state index in [0.29, 0.717) is 5.56 Å². The van der Waals surface area contributed by atoms with E-state index in [2.05, 4.69) is 10.6 Å². The van der Waals surface area contributed by atoms with Gasteiger partial charge in [0.1, 0.15) is 12.1 Å². The second-order valence-electron chi connectivity index (χ2n) is 8.09. The van der Waals surface area contributed by atoms with Crippen LogP contribution in [0, 0.1) is 0 Å². The Bertz CT molecular complexity index is 1130. The fourth-order valence-corrected chi connectivity index (χ4v) is 3.92. The molecule has 1 aliphatic heterocycles. The summed E-state index contributed by atoms with van der Waals surface area (Å²) in [6, 6.07) is 26.2. The highest BCUT2D eigenvalue weighted by molar-refractivity contribution is 6.09. The molecule has 162 valence electrons. The van der Waals surface area contributed by atoms with Crippen LogP contribution in [0.15, 0.2) is 84.9 Å². The van der Waals surface area contributed by atoms with Gasteiger partial charge in [-0.1, -0.05) is 84.9 Å². The SMILES string of the molecule is C[C@@H](NC(=O)CN1C(=O)N[C@](C)(c2ccccc2)C1=O)c1ccc(-c2ccccc2)cc1. The maximum absolute atomic E-state index is 13.0. The Morgan fingerprint density at radius 2 is 1.47 bits per heavy atom. The van der Waals surface area contributed by atoms with Crippen LogP contribution in [0.5, 0.6) is 0 Å². The molecule has 2 atom stereocenters. The van der Waals surface area contributed by atoms with Crippen molar-refractivity contribution in [2.24, 2.45) is 0 Å². The summed E-state index contributed by atoms with van der Waals surface area (Å²) < 4.78 is 0. The molecule has 0 bridgehead atoms. The lowest BCUT2D eigenvalue weighted by molar-refractivity contribution is -0.135. The van der Waals surface area contributed by atoms with Gasteiger partial charge < -0.3 is 10.6 Å². The lowest BCUT2D eigenvalue weighted by Gasteiger charge is -2.22. The van der Waals surface area contributed by atoms with Crippen molar-refractivity contribution in [1.82, 2.24) is 15.5 Å². The zero-order valence-corrected chi connectivity index (χ0v) is 18.0. The Balaban J connectivity index is 1.40. The van der Waals surface area contributed by atoms with Gasteiger partial charge in [0.05, 0.1) is 6.04 Å². The molecular weight excluding hydrogens is 402 g/mol. The van der Waals surface area contributed by atoms with E-state index >= 15 is 0 Å². The highest BCUT2D eigenvalue weighted by Crippen LogP contribution is 2.28. The summed E-state index contributed by atoms with van der Waals surface area (Å²) in [6.07, 6.45) is 0. The molecule has 1 heterocycles. The lowest BCUT2D eigenvalue weighted by Crippen LogP contribution is -2.43. The van der Waals surface area contributed by atoms with Gasteiger partial charge in [-0.05, 0) is 36.1 Å². The van der Waals surface area contributed by atoms with Crippen molar-refractivity contribution in [3.63, 3.8) is 0 Å². The third-order valence-corrected chi connectivity index (χ3v) is 5.82. The van der Waals surface area contributed by atoms with E-state index in [4.69, 9.17) is 0 Å². The average molecular weight is 428 g/mol. The molecule has 0 aromatic heterocycles. The number of hydrogen-bond acceptors (Lipinski definition) is 3. The predicted octanol–water partition coefficient (Wildman–Crippen LogP) is 4.00. The van der Waals surface area contributed by atoms with Gasteiger partial charge in [-0.25, -0.2) is 4.79 Å². The second kappa shape index (κ2) is 8.67. The van der Waals surface area contributed by atoms with E-state index in [-0.39, 0.29) is 12.6 Å². The van der Waals surface area contributed by atoms with Crippen molar-refractivity contribution >= 4 is 17.8 Å². The van der Waals surface area contributed by atoms with Crippen LogP contribution in [-0.4, -0.2) is 29.3 Å². The molecule has 1 aliphatic rings. The molecule has 4 amide bonds. The van der Waals surface area contributed by atoms with Gasteiger partial charge in [0.2, 0.25) is 5.91 Å². The van der Waals surface area contributed by atoms with E-state index in [1.54, 1.807) is 31.2 Å². The molecule has 6 nitrogen and oxygen atoms in total. The van der Waals surface area contributed by atoms with Crippen molar-refractivity contribution < 1.29 is 14.4 Å². The van der Waals surface area contributed by atoms with E-state index in [1.807, 2.05) is 67.6 Å². The minimum absolute atomic E-state index is 0.270. The Morgan fingerprint density at radius 3 is 2.09 bits per heavy atom. The number of carbonyl (C=O) groups excluding carboxylic acids is 3. The Kier molecular flexibility index (Phi) is 5.77. The van der Waals surface area contributed by atoms with Gasteiger partial charge in [-0.2, -0.15) is 0 Å². The van der Waals surface area contributed by atoms with Crippen LogP contribution in [0.25, 0.3) is 11.1 Å². The molecule has 1 fully saturated rings. The zero-order valence-electron chi connectivity index (χ0n) is 18.0. The summed E-state index contributed by atoms with van der Waals surface area (Å²) in [6.45, 7) is 3.19. The monoisotopic (exact) mass is 427 g/mol. The number of amides is 4. The quantitative estimate of drug-likeness (QED) is 0.584. The van der Waals surface area contributed by atoms with Crippen LogP contribution >= 0.6 is 0 Å². The van der Waals surface area contributed by atoms with Crippen molar-refractivity contribution in [2.45, 2.75) is 25.4 Å². The van der Waals surface area contributed by atoms with Gasteiger partial charge in [0.25, 0.3) is 5.91 Å². The van der Waals surface area contributed by atoms with Gasteiger partial charge in [0.15, 0.2) is 0 Å². The second-order valence-corrected chi connectivity index (χ2v) is 8.09. The number of rotatable bonds is 6. The first kappa shape index (κ1) is 21.3. The number of hydrogen-bond donors (Lipinski definition) is 2. The van der Waals surface area contributed by atoms with Crippen LogP contribution in [0.1, 0.15) is 31.0 Å². The van der Waals surface area contributed by atoms with Crippen LogP contribution < -0.4 is 10.6 Å². The number of benzene rings is 3. The number of imide groups is 1.